The van der Waals surface area contributed by atoms with Gasteiger partial charge in [-0.2, -0.15) is 0 Å². The van der Waals surface area contributed by atoms with Gasteiger partial charge in [0.15, 0.2) is 0 Å². The highest BCUT2D eigenvalue weighted by Crippen LogP contribution is 2.55. The number of benzene rings is 3. The van der Waals surface area contributed by atoms with Crippen LogP contribution in [0, 0.1) is 15.3 Å². The molecule has 0 aliphatic rings. The lowest BCUT2D eigenvalue weighted by Crippen LogP contribution is -2.33. The van der Waals surface area contributed by atoms with Crippen molar-refractivity contribution in [3.63, 3.8) is 0 Å². The highest BCUT2D eigenvalue weighted by molar-refractivity contribution is 7.95. The van der Waals surface area contributed by atoms with Gasteiger partial charge < -0.3 is 20.4 Å². The fourth-order valence-corrected chi connectivity index (χ4v) is 7.69. The molecule has 3 aromatic carbocycles. The molecule has 0 fully saturated rings. The molecule has 29 heavy (non-hydrogen) atoms. The van der Waals surface area contributed by atoms with Crippen LogP contribution < -0.4 is 15.9 Å². The van der Waals surface area contributed by atoms with Gasteiger partial charge in [0.1, 0.15) is 23.2 Å². The smallest absolute Gasteiger partial charge is 0.303 e. The zero-order chi connectivity index (χ0) is 21.1. The van der Waals surface area contributed by atoms with Crippen molar-refractivity contribution < 1.29 is 15.0 Å². The number of nitrogens with zero attached hydrogens (tertiary/aromatic N) is 1. The Bertz CT molecular complexity index is 804. The van der Waals surface area contributed by atoms with Crippen molar-refractivity contribution in [2.24, 2.45) is 0 Å². The SMILES string of the molecule is O=C(O)CCC[P+](c1ccccc1)(c1ccccc1)c1ccccc1.O=[N+]([O-])[O-]. The Hall–Kier alpha value is -3.24. The third-order valence-electron chi connectivity index (χ3n) is 4.48. The van der Waals surface area contributed by atoms with Gasteiger partial charge in [0.2, 0.25) is 0 Å². The summed E-state index contributed by atoms with van der Waals surface area (Å²) in [4.78, 5) is 19.4. The van der Waals surface area contributed by atoms with Gasteiger partial charge >= 0.3 is 5.97 Å². The van der Waals surface area contributed by atoms with Crippen LogP contribution >= 0.6 is 7.26 Å². The van der Waals surface area contributed by atoms with Crippen molar-refractivity contribution in [3.8, 4) is 0 Å². The van der Waals surface area contributed by atoms with Crippen LogP contribution in [0.1, 0.15) is 12.8 Å². The maximum atomic E-state index is 11.1. The van der Waals surface area contributed by atoms with Gasteiger partial charge in [-0.05, 0) is 42.8 Å². The van der Waals surface area contributed by atoms with Crippen molar-refractivity contribution in [2.75, 3.05) is 6.16 Å². The monoisotopic (exact) mass is 411 g/mol. The van der Waals surface area contributed by atoms with E-state index in [0.29, 0.717) is 6.42 Å². The summed E-state index contributed by atoms with van der Waals surface area (Å²) < 4.78 is 0. The zero-order valence-corrected chi connectivity index (χ0v) is 16.7. The third-order valence-corrected chi connectivity index (χ3v) is 9.00. The molecule has 0 heterocycles. The average molecular weight is 411 g/mol. The molecule has 7 heteroatoms. The largest absolute Gasteiger partial charge is 0.481 e. The molecule has 150 valence electrons. The molecule has 0 atom stereocenters. The molecule has 0 saturated heterocycles. The predicted octanol–water partition coefficient (Wildman–Crippen LogP) is 3.61. The first-order valence-corrected chi connectivity index (χ1v) is 11.0. The molecule has 1 N–H and O–H groups in total. The highest BCUT2D eigenvalue weighted by Gasteiger charge is 2.44. The molecule has 3 rings (SSSR count). The van der Waals surface area contributed by atoms with E-state index in [1.165, 1.54) is 15.9 Å². The summed E-state index contributed by atoms with van der Waals surface area (Å²) in [5, 5.41) is 27.8. The van der Waals surface area contributed by atoms with Gasteiger partial charge in [-0.1, -0.05) is 54.6 Å². The van der Waals surface area contributed by atoms with Crippen LogP contribution in [0.3, 0.4) is 0 Å². The Balaban J connectivity index is 0.000000687. The lowest BCUT2D eigenvalue weighted by molar-refractivity contribution is -0.402. The molecule has 0 aliphatic carbocycles. The summed E-state index contributed by atoms with van der Waals surface area (Å²) in [6.07, 6.45) is 1.73. The minimum atomic E-state index is -1.87. The second-order valence-corrected chi connectivity index (χ2v) is 9.88. The molecule has 0 amide bonds. The topological polar surface area (TPSA) is 104 Å². The van der Waals surface area contributed by atoms with E-state index >= 15 is 0 Å². The van der Waals surface area contributed by atoms with Crippen LogP contribution in [-0.2, 0) is 4.79 Å². The van der Waals surface area contributed by atoms with E-state index < -0.39 is 18.3 Å². The van der Waals surface area contributed by atoms with Crippen LogP contribution in [0.25, 0.3) is 0 Å². The Morgan fingerprint density at radius 1 is 0.759 bits per heavy atom. The maximum Gasteiger partial charge on any atom is 0.303 e. The minimum Gasteiger partial charge on any atom is -0.481 e. The van der Waals surface area contributed by atoms with E-state index in [1.807, 2.05) is 18.2 Å². The first-order chi connectivity index (χ1) is 14.0. The van der Waals surface area contributed by atoms with Crippen molar-refractivity contribution in [2.45, 2.75) is 12.8 Å². The molecule has 6 nitrogen and oxygen atoms in total. The van der Waals surface area contributed by atoms with E-state index in [2.05, 4.69) is 72.8 Å². The van der Waals surface area contributed by atoms with Crippen molar-refractivity contribution in [1.29, 1.82) is 0 Å². The van der Waals surface area contributed by atoms with Gasteiger partial charge in [-0.3, -0.25) is 4.79 Å². The van der Waals surface area contributed by atoms with E-state index in [9.17, 15) is 4.79 Å². The Morgan fingerprint density at radius 2 is 1.07 bits per heavy atom. The number of aliphatic carboxylic acids is 1. The molecule has 0 saturated carbocycles. The third kappa shape index (κ3) is 6.13. The molecule has 0 radical (unpaired) electrons. The van der Waals surface area contributed by atoms with Crippen LogP contribution in [0.4, 0.5) is 0 Å². The number of carbonyl (C=O) groups is 1. The minimum absolute atomic E-state index is 0.203. The lowest BCUT2D eigenvalue weighted by Gasteiger charge is -2.27. The summed E-state index contributed by atoms with van der Waals surface area (Å²) in [7, 11) is -1.87. The molecule has 0 unspecified atom stereocenters. The molecule has 0 spiro atoms. The second-order valence-electron chi connectivity index (χ2n) is 6.26. The molecule has 3 aromatic rings. The summed E-state index contributed by atoms with van der Waals surface area (Å²) in [6, 6.07) is 31.7. The fraction of sp³-hybridized carbons (Fsp3) is 0.136. The average Bonchev–Trinajstić information content (AvgIpc) is 2.73. The summed E-state index contributed by atoms with van der Waals surface area (Å²) in [5.74, 6) is -0.729. The van der Waals surface area contributed by atoms with Crippen LogP contribution in [0.2, 0.25) is 0 Å². The standard InChI is InChI=1S/C22H21O2P.NO3/c23-22(24)17-10-18-25(19-11-4-1-5-12-19,20-13-6-2-7-14-20)21-15-8-3-9-16-21;2-1(3)4/h1-9,11-16H,10,17-18H2;/q;-1/p+1. The lowest BCUT2D eigenvalue weighted by atomic mass is 10.3. The number of carboxylic acids is 1. The number of carboxylic acid groups (broad SMARTS) is 1. The Kier molecular flexibility index (Phi) is 8.31. The number of hydrogen-bond acceptors (Lipinski definition) is 4. The van der Waals surface area contributed by atoms with Gasteiger partial charge in [0, 0.05) is 6.42 Å². The molecular formula is C22H22NO5P. The molecular weight excluding hydrogens is 389 g/mol. The first-order valence-electron chi connectivity index (χ1n) is 9.05. The van der Waals surface area contributed by atoms with Gasteiger partial charge in [-0.25, -0.2) is 0 Å². The van der Waals surface area contributed by atoms with E-state index in [4.69, 9.17) is 20.4 Å². The summed E-state index contributed by atoms with van der Waals surface area (Å²) >= 11 is 0. The molecule has 0 aliphatic heterocycles. The van der Waals surface area contributed by atoms with Crippen molar-refractivity contribution in [1.82, 2.24) is 0 Å². The second kappa shape index (κ2) is 10.9. The first kappa shape index (κ1) is 22.1. The predicted molar refractivity (Wildman–Crippen MR) is 117 cm³/mol. The Morgan fingerprint density at radius 3 is 1.34 bits per heavy atom. The van der Waals surface area contributed by atoms with E-state index in [-0.39, 0.29) is 6.42 Å². The highest BCUT2D eigenvalue weighted by atomic mass is 31.2. The molecule has 0 bridgehead atoms. The van der Waals surface area contributed by atoms with Crippen LogP contribution in [-0.4, -0.2) is 22.3 Å². The van der Waals surface area contributed by atoms with Crippen molar-refractivity contribution in [3.05, 3.63) is 106 Å². The maximum absolute atomic E-state index is 11.1. The number of rotatable bonds is 7. The van der Waals surface area contributed by atoms with Gasteiger partial charge in [0.05, 0.1) is 11.2 Å². The van der Waals surface area contributed by atoms with Crippen molar-refractivity contribution >= 4 is 29.1 Å². The van der Waals surface area contributed by atoms with Gasteiger partial charge in [0.25, 0.3) is 0 Å². The fourth-order valence-electron chi connectivity index (χ4n) is 3.35. The van der Waals surface area contributed by atoms with Crippen LogP contribution in [0.15, 0.2) is 91.0 Å². The zero-order valence-electron chi connectivity index (χ0n) is 15.8. The normalized spacial score (nSPS) is 10.5. The molecule has 0 aromatic heterocycles. The van der Waals surface area contributed by atoms with Gasteiger partial charge in [-0.15, -0.1) is 0 Å². The van der Waals surface area contributed by atoms with E-state index in [0.717, 1.165) is 6.16 Å². The van der Waals surface area contributed by atoms with Crippen LogP contribution in [0.5, 0.6) is 0 Å². The number of hydrogen-bond donors (Lipinski definition) is 1. The Labute approximate surface area is 169 Å². The summed E-state index contributed by atoms with van der Waals surface area (Å²) in [5.41, 5.74) is 0. The van der Waals surface area contributed by atoms with E-state index in [1.54, 1.807) is 0 Å². The summed E-state index contributed by atoms with van der Waals surface area (Å²) in [6.45, 7) is 0. The quantitative estimate of drug-likeness (QED) is 0.363.